The lowest BCUT2D eigenvalue weighted by Gasteiger charge is -2.15. The lowest BCUT2D eigenvalue weighted by molar-refractivity contribution is 0.269. The Labute approximate surface area is 195 Å². The molecule has 0 aromatic heterocycles. The predicted molar refractivity (Wildman–Crippen MR) is 123 cm³/mol. The van der Waals surface area contributed by atoms with Gasteiger partial charge in [0.1, 0.15) is 12.4 Å². The summed E-state index contributed by atoms with van der Waals surface area (Å²) in [6.07, 6.45) is 1.55. The molecule has 0 atom stereocenters. The second-order valence-corrected chi connectivity index (χ2v) is 7.67. The minimum Gasteiger partial charge on any atom is -0.490 e. The summed E-state index contributed by atoms with van der Waals surface area (Å²) in [6, 6.07) is 16.6. The zero-order valence-electron chi connectivity index (χ0n) is 16.5. The van der Waals surface area contributed by atoms with Gasteiger partial charge in [0.2, 0.25) is 0 Å². The fraction of sp³-hybridized carbons (Fsp3) is 0.125. The normalized spacial score (nSPS) is 11.2. The smallest absolute Gasteiger partial charge is 0.180 e. The molecule has 31 heavy (non-hydrogen) atoms. The van der Waals surface area contributed by atoms with E-state index in [1.807, 2.05) is 13.0 Å². The maximum Gasteiger partial charge on any atom is 0.180 e. The SMILES string of the molecule is CCOc1cc(C=C(C#N)c2ccccc2F)cc(Cl)c1OCc1ccc(Cl)c(Cl)c1. The quantitative estimate of drug-likeness (QED) is 0.258. The summed E-state index contributed by atoms with van der Waals surface area (Å²) < 4.78 is 25.7. The van der Waals surface area contributed by atoms with Crippen LogP contribution >= 0.6 is 34.8 Å². The Morgan fingerprint density at radius 2 is 1.77 bits per heavy atom. The van der Waals surface area contributed by atoms with Crippen LogP contribution in [-0.2, 0) is 6.61 Å². The zero-order chi connectivity index (χ0) is 22.4. The molecule has 3 aromatic rings. The lowest BCUT2D eigenvalue weighted by Crippen LogP contribution is -2.01. The van der Waals surface area contributed by atoms with E-state index in [2.05, 4.69) is 0 Å². The number of hydrogen-bond acceptors (Lipinski definition) is 3. The molecule has 0 saturated carbocycles. The average molecular weight is 477 g/mol. The molecule has 3 nitrogen and oxygen atoms in total. The van der Waals surface area contributed by atoms with Gasteiger partial charge in [0.05, 0.1) is 33.3 Å². The third-order valence-corrected chi connectivity index (χ3v) is 5.31. The molecular formula is C24H17Cl3FNO2. The molecule has 0 bridgehead atoms. The van der Waals surface area contributed by atoms with Gasteiger partial charge in [0.15, 0.2) is 11.5 Å². The van der Waals surface area contributed by atoms with Crippen molar-refractivity contribution in [1.29, 1.82) is 5.26 Å². The molecule has 0 aliphatic rings. The molecule has 0 radical (unpaired) electrons. The van der Waals surface area contributed by atoms with E-state index in [0.29, 0.717) is 38.7 Å². The van der Waals surface area contributed by atoms with E-state index in [0.717, 1.165) is 5.56 Å². The average Bonchev–Trinajstić information content (AvgIpc) is 2.74. The maximum atomic E-state index is 14.1. The van der Waals surface area contributed by atoms with Gasteiger partial charge in [0.25, 0.3) is 0 Å². The van der Waals surface area contributed by atoms with Crippen molar-refractivity contribution >= 4 is 46.5 Å². The first-order valence-corrected chi connectivity index (χ1v) is 10.5. The number of halogens is 4. The van der Waals surface area contributed by atoms with E-state index in [1.54, 1.807) is 54.6 Å². The van der Waals surface area contributed by atoms with E-state index in [9.17, 15) is 9.65 Å². The second-order valence-electron chi connectivity index (χ2n) is 6.45. The van der Waals surface area contributed by atoms with Crippen LogP contribution in [0.3, 0.4) is 0 Å². The Hall–Kier alpha value is -2.71. The fourth-order valence-corrected chi connectivity index (χ4v) is 3.47. The van der Waals surface area contributed by atoms with E-state index in [1.165, 1.54) is 6.07 Å². The second kappa shape index (κ2) is 10.5. The van der Waals surface area contributed by atoms with E-state index < -0.39 is 5.82 Å². The highest BCUT2D eigenvalue weighted by molar-refractivity contribution is 6.42. The van der Waals surface area contributed by atoms with Crippen LogP contribution in [0.15, 0.2) is 54.6 Å². The molecule has 0 saturated heterocycles. The molecule has 0 amide bonds. The van der Waals surface area contributed by atoms with Crippen molar-refractivity contribution in [1.82, 2.24) is 0 Å². The molecule has 0 spiro atoms. The Balaban J connectivity index is 1.93. The van der Waals surface area contributed by atoms with E-state index in [4.69, 9.17) is 44.3 Å². The molecule has 7 heteroatoms. The molecular weight excluding hydrogens is 460 g/mol. The zero-order valence-corrected chi connectivity index (χ0v) is 18.7. The molecule has 0 N–H and O–H groups in total. The third-order valence-electron chi connectivity index (χ3n) is 4.29. The molecule has 158 valence electrons. The van der Waals surface area contributed by atoms with Gasteiger partial charge >= 0.3 is 0 Å². The van der Waals surface area contributed by atoms with E-state index >= 15 is 0 Å². The number of benzene rings is 3. The summed E-state index contributed by atoms with van der Waals surface area (Å²) in [5.41, 5.74) is 1.76. The van der Waals surface area contributed by atoms with Crippen LogP contribution in [0.4, 0.5) is 4.39 Å². The Morgan fingerprint density at radius 1 is 1.00 bits per heavy atom. The molecule has 0 heterocycles. The predicted octanol–water partition coefficient (Wildman–Crippen LogP) is 7.83. The Morgan fingerprint density at radius 3 is 2.45 bits per heavy atom. The standard InChI is InChI=1S/C24H17Cl3FNO2/c1-2-30-23-12-16(9-17(13-29)18-5-3-4-6-22(18)28)11-21(27)24(23)31-14-15-7-8-19(25)20(26)10-15/h3-12H,2,14H2,1H3. The topological polar surface area (TPSA) is 42.2 Å². The van der Waals surface area contributed by atoms with Gasteiger partial charge in [0, 0.05) is 5.56 Å². The van der Waals surface area contributed by atoms with Gasteiger partial charge < -0.3 is 9.47 Å². The van der Waals surface area contributed by atoms with Crippen LogP contribution in [0, 0.1) is 17.1 Å². The van der Waals surface area contributed by atoms with Crippen molar-refractivity contribution in [2.45, 2.75) is 13.5 Å². The highest BCUT2D eigenvalue weighted by atomic mass is 35.5. The summed E-state index contributed by atoms with van der Waals surface area (Å²) in [5, 5.41) is 10.7. The van der Waals surface area contributed by atoms with Crippen LogP contribution in [0.5, 0.6) is 11.5 Å². The van der Waals surface area contributed by atoms with Crippen molar-refractivity contribution in [3.8, 4) is 17.6 Å². The first-order chi connectivity index (χ1) is 14.9. The van der Waals surface area contributed by atoms with Crippen molar-refractivity contribution < 1.29 is 13.9 Å². The van der Waals surface area contributed by atoms with Gasteiger partial charge in [-0.1, -0.05) is 59.1 Å². The van der Waals surface area contributed by atoms with E-state index in [-0.39, 0.29) is 17.7 Å². The molecule has 3 rings (SSSR count). The van der Waals surface area contributed by atoms with Crippen LogP contribution in [0.25, 0.3) is 11.6 Å². The number of nitriles is 1. The van der Waals surface area contributed by atoms with Gasteiger partial charge in [-0.3, -0.25) is 0 Å². The summed E-state index contributed by atoms with van der Waals surface area (Å²) >= 11 is 18.5. The highest BCUT2D eigenvalue weighted by Crippen LogP contribution is 2.38. The number of allylic oxidation sites excluding steroid dienone is 1. The van der Waals surface area contributed by atoms with Crippen LogP contribution in [0.2, 0.25) is 15.1 Å². The Bertz CT molecular complexity index is 1170. The van der Waals surface area contributed by atoms with Crippen molar-refractivity contribution in [3.05, 3.63) is 92.2 Å². The fourth-order valence-electron chi connectivity index (χ4n) is 2.88. The molecule has 0 unspecified atom stereocenters. The maximum absolute atomic E-state index is 14.1. The van der Waals surface area contributed by atoms with Gasteiger partial charge in [-0.25, -0.2) is 4.39 Å². The minimum atomic E-state index is -0.479. The third kappa shape index (κ3) is 5.71. The summed E-state index contributed by atoms with van der Waals surface area (Å²) in [4.78, 5) is 0. The van der Waals surface area contributed by atoms with Gasteiger partial charge in [-0.05, 0) is 54.5 Å². The van der Waals surface area contributed by atoms with Crippen molar-refractivity contribution in [2.75, 3.05) is 6.61 Å². The number of nitrogens with zero attached hydrogens (tertiary/aromatic N) is 1. The molecule has 3 aromatic carbocycles. The summed E-state index contributed by atoms with van der Waals surface area (Å²) in [7, 11) is 0. The summed E-state index contributed by atoms with van der Waals surface area (Å²) in [5.74, 6) is 0.288. The molecule has 0 aliphatic heterocycles. The molecule has 0 fully saturated rings. The minimum absolute atomic E-state index is 0.168. The van der Waals surface area contributed by atoms with Gasteiger partial charge in [-0.2, -0.15) is 5.26 Å². The van der Waals surface area contributed by atoms with Crippen molar-refractivity contribution in [3.63, 3.8) is 0 Å². The van der Waals surface area contributed by atoms with Gasteiger partial charge in [-0.15, -0.1) is 0 Å². The molecule has 0 aliphatic carbocycles. The lowest BCUT2D eigenvalue weighted by atomic mass is 10.0. The van der Waals surface area contributed by atoms with Crippen LogP contribution in [-0.4, -0.2) is 6.61 Å². The Kier molecular flexibility index (Phi) is 7.81. The highest BCUT2D eigenvalue weighted by Gasteiger charge is 2.14. The largest absolute Gasteiger partial charge is 0.490 e. The number of hydrogen-bond donors (Lipinski definition) is 0. The monoisotopic (exact) mass is 475 g/mol. The number of rotatable bonds is 7. The first-order valence-electron chi connectivity index (χ1n) is 9.32. The first kappa shape index (κ1) is 23.0. The van der Waals surface area contributed by atoms with Crippen molar-refractivity contribution in [2.24, 2.45) is 0 Å². The summed E-state index contributed by atoms with van der Waals surface area (Å²) in [6.45, 7) is 2.41. The van der Waals surface area contributed by atoms with Crippen LogP contribution < -0.4 is 9.47 Å². The number of ether oxygens (including phenoxy) is 2. The van der Waals surface area contributed by atoms with Crippen LogP contribution in [0.1, 0.15) is 23.6 Å².